The number of aryl methyl sites for hydroxylation is 1. The third-order valence-corrected chi connectivity index (χ3v) is 2.54. The predicted molar refractivity (Wildman–Crippen MR) is 68.1 cm³/mol. The fraction of sp³-hybridized carbons (Fsp3) is 0.0769. The van der Waals surface area contributed by atoms with E-state index in [-0.39, 0.29) is 16.9 Å². The van der Waals surface area contributed by atoms with Gasteiger partial charge in [-0.25, -0.2) is 9.78 Å². The van der Waals surface area contributed by atoms with Gasteiger partial charge in [-0.1, -0.05) is 12.1 Å². The van der Waals surface area contributed by atoms with Crippen LogP contribution in [0.2, 0.25) is 0 Å². The molecule has 0 aliphatic heterocycles. The number of anilines is 1. The normalized spacial score (nSPS) is 9.95. The third kappa shape index (κ3) is 2.74. The van der Waals surface area contributed by atoms with Crippen molar-refractivity contribution in [3.8, 4) is 0 Å². The van der Waals surface area contributed by atoms with Gasteiger partial charge in [-0.05, 0) is 18.6 Å². The number of rotatable bonds is 3. The number of carboxylic acid groups (broad SMARTS) is 1. The predicted octanol–water partition coefficient (Wildman–Crippen LogP) is 1.74. The van der Waals surface area contributed by atoms with E-state index in [0.29, 0.717) is 5.56 Å². The van der Waals surface area contributed by atoms with Crippen LogP contribution in [0.4, 0.5) is 5.69 Å². The fourth-order valence-corrected chi connectivity index (χ4v) is 1.61. The van der Waals surface area contributed by atoms with Crippen LogP contribution in [0.5, 0.6) is 0 Å². The molecule has 0 saturated carbocycles. The van der Waals surface area contributed by atoms with Gasteiger partial charge in [0.15, 0.2) is 0 Å². The van der Waals surface area contributed by atoms with Gasteiger partial charge >= 0.3 is 5.97 Å². The van der Waals surface area contributed by atoms with E-state index in [2.05, 4.69) is 15.3 Å². The third-order valence-electron chi connectivity index (χ3n) is 2.54. The van der Waals surface area contributed by atoms with Crippen LogP contribution in [-0.2, 0) is 0 Å². The van der Waals surface area contributed by atoms with Crippen molar-refractivity contribution in [2.75, 3.05) is 5.32 Å². The van der Waals surface area contributed by atoms with Gasteiger partial charge in [0, 0.05) is 12.4 Å². The summed E-state index contributed by atoms with van der Waals surface area (Å²) in [5, 5.41) is 11.6. The van der Waals surface area contributed by atoms with Crippen LogP contribution < -0.4 is 5.32 Å². The van der Waals surface area contributed by atoms with Crippen LogP contribution in [-0.4, -0.2) is 27.0 Å². The molecule has 19 heavy (non-hydrogen) atoms. The summed E-state index contributed by atoms with van der Waals surface area (Å²) >= 11 is 0. The number of carbonyl (C=O) groups excluding carboxylic acids is 1. The van der Waals surface area contributed by atoms with Crippen molar-refractivity contribution in [3.05, 3.63) is 53.6 Å². The highest BCUT2D eigenvalue weighted by Crippen LogP contribution is 2.21. The zero-order valence-corrected chi connectivity index (χ0v) is 10.1. The second-order valence-corrected chi connectivity index (χ2v) is 3.85. The standard InChI is InChI=1S/C13H11N3O3/c1-8-3-2-4-9(13(18)19)11(8)16-12(17)10-7-14-5-6-15-10/h2-7H,1H3,(H,16,17)(H,18,19). The van der Waals surface area contributed by atoms with Crippen molar-refractivity contribution in [1.29, 1.82) is 0 Å². The Kier molecular flexibility index (Phi) is 3.51. The van der Waals surface area contributed by atoms with Crippen LogP contribution in [0.1, 0.15) is 26.4 Å². The Labute approximate surface area is 109 Å². The molecule has 0 spiro atoms. The average Bonchev–Trinajstić information content (AvgIpc) is 2.41. The van der Waals surface area contributed by atoms with Crippen molar-refractivity contribution < 1.29 is 14.7 Å². The number of carbonyl (C=O) groups is 2. The lowest BCUT2D eigenvalue weighted by atomic mass is 10.1. The zero-order chi connectivity index (χ0) is 13.8. The van der Waals surface area contributed by atoms with Crippen molar-refractivity contribution in [2.45, 2.75) is 6.92 Å². The number of hydrogen-bond donors (Lipinski definition) is 2. The molecule has 0 unspecified atom stereocenters. The first kappa shape index (κ1) is 12.7. The minimum atomic E-state index is -1.10. The molecule has 0 fully saturated rings. The lowest BCUT2D eigenvalue weighted by molar-refractivity contribution is 0.0698. The topological polar surface area (TPSA) is 92.2 Å². The van der Waals surface area contributed by atoms with E-state index in [4.69, 9.17) is 5.11 Å². The van der Waals surface area contributed by atoms with Gasteiger partial charge in [-0.3, -0.25) is 9.78 Å². The molecule has 2 N–H and O–H groups in total. The first-order valence-corrected chi connectivity index (χ1v) is 5.50. The van der Waals surface area contributed by atoms with E-state index in [1.807, 2.05) is 0 Å². The number of nitrogens with zero attached hydrogens (tertiary/aromatic N) is 2. The Morgan fingerprint density at radius 2 is 2.05 bits per heavy atom. The molecule has 0 radical (unpaired) electrons. The van der Waals surface area contributed by atoms with Crippen LogP contribution in [0.25, 0.3) is 0 Å². The highest BCUT2D eigenvalue weighted by Gasteiger charge is 2.15. The number of aromatic nitrogens is 2. The summed E-state index contributed by atoms with van der Waals surface area (Å²) < 4.78 is 0. The number of benzene rings is 1. The molecule has 6 heteroatoms. The number of hydrogen-bond acceptors (Lipinski definition) is 4. The highest BCUT2D eigenvalue weighted by molar-refractivity contribution is 6.07. The van der Waals surface area contributed by atoms with Gasteiger partial charge in [0.25, 0.3) is 5.91 Å². The summed E-state index contributed by atoms with van der Waals surface area (Å²) in [6.07, 6.45) is 4.16. The first-order chi connectivity index (χ1) is 9.09. The molecule has 0 bridgehead atoms. The molecule has 1 aromatic carbocycles. The Morgan fingerprint density at radius 3 is 2.68 bits per heavy atom. The van der Waals surface area contributed by atoms with Crippen molar-refractivity contribution >= 4 is 17.6 Å². The lowest BCUT2D eigenvalue weighted by Crippen LogP contribution is -2.17. The Morgan fingerprint density at radius 1 is 1.26 bits per heavy atom. The summed E-state index contributed by atoms with van der Waals surface area (Å²) in [5.41, 5.74) is 1.10. The number of aromatic carboxylic acids is 1. The summed E-state index contributed by atoms with van der Waals surface area (Å²) in [6.45, 7) is 1.72. The lowest BCUT2D eigenvalue weighted by Gasteiger charge is -2.10. The SMILES string of the molecule is Cc1cccc(C(=O)O)c1NC(=O)c1cnccn1. The van der Waals surface area contributed by atoms with E-state index in [1.165, 1.54) is 24.7 Å². The Hall–Kier alpha value is -2.76. The van der Waals surface area contributed by atoms with Crippen LogP contribution in [0, 0.1) is 6.92 Å². The summed E-state index contributed by atoms with van der Waals surface area (Å²) in [6, 6.07) is 4.77. The van der Waals surface area contributed by atoms with Gasteiger partial charge in [0.05, 0.1) is 17.4 Å². The fourth-order valence-electron chi connectivity index (χ4n) is 1.61. The largest absolute Gasteiger partial charge is 0.478 e. The maximum atomic E-state index is 11.9. The molecule has 6 nitrogen and oxygen atoms in total. The van der Waals surface area contributed by atoms with Gasteiger partial charge in [0.1, 0.15) is 5.69 Å². The van der Waals surface area contributed by atoms with E-state index >= 15 is 0 Å². The second kappa shape index (κ2) is 5.26. The molecule has 1 aromatic heterocycles. The van der Waals surface area contributed by atoms with Gasteiger partial charge in [-0.2, -0.15) is 0 Å². The van der Waals surface area contributed by atoms with Crippen molar-refractivity contribution in [1.82, 2.24) is 9.97 Å². The van der Waals surface area contributed by atoms with Crippen molar-refractivity contribution in [2.24, 2.45) is 0 Å². The minimum absolute atomic E-state index is 0.0391. The molecule has 1 amide bonds. The molecular formula is C13H11N3O3. The van der Waals surface area contributed by atoms with E-state index in [0.717, 1.165) is 0 Å². The quantitative estimate of drug-likeness (QED) is 0.873. The van der Waals surface area contributed by atoms with E-state index < -0.39 is 11.9 Å². The van der Waals surface area contributed by atoms with Gasteiger partial charge in [-0.15, -0.1) is 0 Å². The summed E-state index contributed by atoms with van der Waals surface area (Å²) in [4.78, 5) is 30.7. The number of para-hydroxylation sites is 1. The van der Waals surface area contributed by atoms with Gasteiger partial charge < -0.3 is 10.4 Å². The number of carboxylic acids is 1. The minimum Gasteiger partial charge on any atom is -0.478 e. The maximum absolute atomic E-state index is 11.9. The number of nitrogens with one attached hydrogen (secondary N) is 1. The van der Waals surface area contributed by atoms with Crippen molar-refractivity contribution in [3.63, 3.8) is 0 Å². The summed E-state index contributed by atoms with van der Waals surface area (Å²) in [7, 11) is 0. The monoisotopic (exact) mass is 257 g/mol. The first-order valence-electron chi connectivity index (χ1n) is 5.50. The van der Waals surface area contributed by atoms with E-state index in [1.54, 1.807) is 19.1 Å². The maximum Gasteiger partial charge on any atom is 0.337 e. The molecule has 2 aromatic rings. The molecule has 2 rings (SSSR count). The van der Waals surface area contributed by atoms with Crippen LogP contribution in [0.3, 0.4) is 0 Å². The molecule has 96 valence electrons. The second-order valence-electron chi connectivity index (χ2n) is 3.85. The van der Waals surface area contributed by atoms with Gasteiger partial charge in [0.2, 0.25) is 0 Å². The number of amides is 1. The molecule has 0 atom stereocenters. The molecule has 0 aliphatic rings. The van der Waals surface area contributed by atoms with Crippen LogP contribution in [0.15, 0.2) is 36.8 Å². The molecular weight excluding hydrogens is 246 g/mol. The molecule has 1 heterocycles. The Bertz CT molecular complexity index is 626. The molecule has 0 aliphatic carbocycles. The molecule has 0 saturated heterocycles. The van der Waals surface area contributed by atoms with E-state index in [9.17, 15) is 9.59 Å². The van der Waals surface area contributed by atoms with Crippen LogP contribution >= 0.6 is 0 Å². The zero-order valence-electron chi connectivity index (χ0n) is 10.1. The Balaban J connectivity index is 2.34. The smallest absolute Gasteiger partial charge is 0.337 e. The summed E-state index contributed by atoms with van der Waals surface area (Å²) in [5.74, 6) is -1.59. The highest BCUT2D eigenvalue weighted by atomic mass is 16.4. The average molecular weight is 257 g/mol.